The van der Waals surface area contributed by atoms with Gasteiger partial charge in [0.2, 0.25) is 0 Å². The van der Waals surface area contributed by atoms with Gasteiger partial charge in [0.15, 0.2) is 0 Å². The Morgan fingerprint density at radius 1 is 1.20 bits per heavy atom. The normalized spacial score (nSPS) is 10.3. The van der Waals surface area contributed by atoms with Crippen molar-refractivity contribution >= 4 is 11.8 Å². The molecule has 132 valence electrons. The summed E-state index contributed by atoms with van der Waals surface area (Å²) in [6.45, 7) is 3.84. The molecule has 2 aromatic rings. The number of carbonyl (C=O) groups is 2. The summed E-state index contributed by atoms with van der Waals surface area (Å²) < 4.78 is 4.90. The second-order valence-corrected chi connectivity index (χ2v) is 5.48. The molecule has 0 aliphatic rings. The van der Waals surface area contributed by atoms with Gasteiger partial charge in [0, 0.05) is 38.5 Å². The maximum atomic E-state index is 12.8. The van der Waals surface area contributed by atoms with Crippen LogP contribution in [0.3, 0.4) is 0 Å². The van der Waals surface area contributed by atoms with Gasteiger partial charge in [0.1, 0.15) is 5.69 Å². The van der Waals surface area contributed by atoms with Crippen LogP contribution in [0.4, 0.5) is 0 Å². The molecule has 0 atom stereocenters. The van der Waals surface area contributed by atoms with E-state index in [0.29, 0.717) is 31.8 Å². The number of benzene rings is 1. The van der Waals surface area contributed by atoms with E-state index in [-0.39, 0.29) is 17.5 Å². The molecule has 2 amide bonds. The molecule has 1 aromatic heterocycles. The van der Waals surface area contributed by atoms with Crippen molar-refractivity contribution < 1.29 is 14.3 Å². The van der Waals surface area contributed by atoms with Crippen molar-refractivity contribution in [2.45, 2.75) is 13.5 Å². The molecule has 0 spiro atoms. The number of pyridine rings is 1. The number of aromatic nitrogens is 1. The van der Waals surface area contributed by atoms with E-state index in [1.54, 1.807) is 18.1 Å². The highest BCUT2D eigenvalue weighted by Crippen LogP contribution is 2.11. The molecule has 0 aliphatic carbocycles. The van der Waals surface area contributed by atoms with Gasteiger partial charge < -0.3 is 15.0 Å². The van der Waals surface area contributed by atoms with Gasteiger partial charge in [-0.05, 0) is 24.6 Å². The van der Waals surface area contributed by atoms with Crippen LogP contribution >= 0.6 is 0 Å². The van der Waals surface area contributed by atoms with Crippen LogP contribution in [0.15, 0.2) is 48.7 Å². The zero-order valence-electron chi connectivity index (χ0n) is 14.6. The standard InChI is InChI=1S/C19H23N3O3/c1-3-22(14-15-7-5-4-6-8-15)19(24)16-9-10-20-17(13-16)18(23)21-11-12-25-2/h4-10,13H,3,11-12,14H2,1-2H3,(H,21,23). The molecule has 0 aliphatic heterocycles. The second kappa shape index (κ2) is 9.54. The number of carbonyl (C=O) groups excluding carboxylic acids is 2. The Hall–Kier alpha value is -2.73. The summed E-state index contributed by atoms with van der Waals surface area (Å²) in [7, 11) is 1.57. The lowest BCUT2D eigenvalue weighted by Crippen LogP contribution is -2.31. The highest BCUT2D eigenvalue weighted by Gasteiger charge is 2.17. The average molecular weight is 341 g/mol. The lowest BCUT2D eigenvalue weighted by molar-refractivity contribution is 0.0752. The zero-order valence-corrected chi connectivity index (χ0v) is 14.6. The third-order valence-corrected chi connectivity index (χ3v) is 3.72. The van der Waals surface area contributed by atoms with Gasteiger partial charge in [-0.25, -0.2) is 0 Å². The summed E-state index contributed by atoms with van der Waals surface area (Å²) in [5, 5.41) is 2.70. The third-order valence-electron chi connectivity index (χ3n) is 3.72. The summed E-state index contributed by atoms with van der Waals surface area (Å²) in [6, 6.07) is 13.0. The summed E-state index contributed by atoms with van der Waals surface area (Å²) in [5.41, 5.74) is 1.73. The Kier molecular flexibility index (Phi) is 7.10. The highest BCUT2D eigenvalue weighted by atomic mass is 16.5. The fraction of sp³-hybridized carbons (Fsp3) is 0.316. The SMILES string of the molecule is CCN(Cc1ccccc1)C(=O)c1ccnc(C(=O)NCCOC)c1. The quantitative estimate of drug-likeness (QED) is 0.747. The van der Waals surface area contributed by atoms with Crippen LogP contribution in [-0.4, -0.2) is 48.5 Å². The lowest BCUT2D eigenvalue weighted by Gasteiger charge is -2.21. The van der Waals surface area contributed by atoms with Crippen molar-refractivity contribution in [2.24, 2.45) is 0 Å². The Labute approximate surface area is 147 Å². The molecule has 0 fully saturated rings. The first-order chi connectivity index (χ1) is 12.2. The van der Waals surface area contributed by atoms with E-state index in [0.717, 1.165) is 5.56 Å². The van der Waals surface area contributed by atoms with Crippen molar-refractivity contribution in [3.63, 3.8) is 0 Å². The fourth-order valence-electron chi connectivity index (χ4n) is 2.36. The van der Waals surface area contributed by atoms with Crippen molar-refractivity contribution in [1.82, 2.24) is 15.2 Å². The van der Waals surface area contributed by atoms with Gasteiger partial charge >= 0.3 is 0 Å². The van der Waals surface area contributed by atoms with Crippen LogP contribution in [0.25, 0.3) is 0 Å². The van der Waals surface area contributed by atoms with Gasteiger partial charge in [-0.1, -0.05) is 30.3 Å². The Morgan fingerprint density at radius 2 is 1.96 bits per heavy atom. The molecule has 6 nitrogen and oxygen atoms in total. The van der Waals surface area contributed by atoms with Crippen LogP contribution in [0.1, 0.15) is 33.3 Å². The minimum atomic E-state index is -0.321. The second-order valence-electron chi connectivity index (χ2n) is 5.48. The first-order valence-electron chi connectivity index (χ1n) is 8.22. The molecule has 25 heavy (non-hydrogen) atoms. The van der Waals surface area contributed by atoms with E-state index in [9.17, 15) is 9.59 Å². The number of nitrogens with zero attached hydrogens (tertiary/aromatic N) is 2. The van der Waals surface area contributed by atoms with Crippen molar-refractivity contribution in [3.8, 4) is 0 Å². The van der Waals surface area contributed by atoms with Crippen LogP contribution < -0.4 is 5.32 Å². The summed E-state index contributed by atoms with van der Waals surface area (Å²) in [4.78, 5) is 30.6. The Balaban J connectivity index is 2.09. The number of ether oxygens (including phenoxy) is 1. The molecule has 0 bridgehead atoms. The molecule has 1 heterocycles. The number of hydrogen-bond acceptors (Lipinski definition) is 4. The van der Waals surface area contributed by atoms with E-state index < -0.39 is 0 Å². The lowest BCUT2D eigenvalue weighted by atomic mass is 10.1. The first kappa shape index (κ1) is 18.6. The molecule has 0 saturated carbocycles. The zero-order chi connectivity index (χ0) is 18.1. The summed E-state index contributed by atoms with van der Waals surface area (Å²) in [6.07, 6.45) is 1.48. The molecule has 0 unspecified atom stereocenters. The maximum Gasteiger partial charge on any atom is 0.269 e. The number of amides is 2. The molecule has 1 aromatic carbocycles. The van der Waals surface area contributed by atoms with Crippen molar-refractivity contribution in [1.29, 1.82) is 0 Å². The molecule has 6 heteroatoms. The largest absolute Gasteiger partial charge is 0.383 e. The minimum Gasteiger partial charge on any atom is -0.383 e. The van der Waals surface area contributed by atoms with Gasteiger partial charge in [0.25, 0.3) is 11.8 Å². The Morgan fingerprint density at radius 3 is 2.64 bits per heavy atom. The van der Waals surface area contributed by atoms with E-state index in [4.69, 9.17) is 4.74 Å². The maximum absolute atomic E-state index is 12.8. The fourth-order valence-corrected chi connectivity index (χ4v) is 2.36. The van der Waals surface area contributed by atoms with Gasteiger partial charge in [-0.15, -0.1) is 0 Å². The van der Waals surface area contributed by atoms with E-state index in [1.807, 2.05) is 37.3 Å². The third kappa shape index (κ3) is 5.39. The van der Waals surface area contributed by atoms with Crippen LogP contribution in [0.2, 0.25) is 0 Å². The van der Waals surface area contributed by atoms with Crippen molar-refractivity contribution in [2.75, 3.05) is 26.8 Å². The topological polar surface area (TPSA) is 71.5 Å². The number of nitrogens with one attached hydrogen (secondary N) is 1. The monoisotopic (exact) mass is 341 g/mol. The number of methoxy groups -OCH3 is 1. The van der Waals surface area contributed by atoms with Crippen LogP contribution in [0, 0.1) is 0 Å². The average Bonchev–Trinajstić information content (AvgIpc) is 2.66. The summed E-state index contributed by atoms with van der Waals surface area (Å²) in [5.74, 6) is -0.447. The van der Waals surface area contributed by atoms with Gasteiger partial charge in [-0.3, -0.25) is 14.6 Å². The smallest absolute Gasteiger partial charge is 0.269 e. The van der Waals surface area contributed by atoms with Gasteiger partial charge in [-0.2, -0.15) is 0 Å². The van der Waals surface area contributed by atoms with E-state index >= 15 is 0 Å². The van der Waals surface area contributed by atoms with Crippen LogP contribution in [-0.2, 0) is 11.3 Å². The predicted octanol–water partition coefficient (Wildman–Crippen LogP) is 2.12. The first-order valence-corrected chi connectivity index (χ1v) is 8.22. The molecule has 0 radical (unpaired) electrons. The predicted molar refractivity (Wildman–Crippen MR) is 95.3 cm³/mol. The number of rotatable bonds is 8. The molecular weight excluding hydrogens is 318 g/mol. The van der Waals surface area contributed by atoms with Crippen LogP contribution in [0.5, 0.6) is 0 Å². The van der Waals surface area contributed by atoms with E-state index in [1.165, 1.54) is 12.3 Å². The van der Waals surface area contributed by atoms with Crippen molar-refractivity contribution in [3.05, 3.63) is 65.5 Å². The Bertz CT molecular complexity index is 704. The molecule has 0 saturated heterocycles. The van der Waals surface area contributed by atoms with E-state index in [2.05, 4.69) is 10.3 Å². The molecule has 2 rings (SSSR count). The van der Waals surface area contributed by atoms with Gasteiger partial charge in [0.05, 0.1) is 6.61 Å². The number of hydrogen-bond donors (Lipinski definition) is 1. The highest BCUT2D eigenvalue weighted by molar-refractivity contribution is 5.98. The molecule has 1 N–H and O–H groups in total. The minimum absolute atomic E-state index is 0.125. The molecular formula is C19H23N3O3. The summed E-state index contributed by atoms with van der Waals surface area (Å²) >= 11 is 0.